The van der Waals surface area contributed by atoms with Crippen LogP contribution < -0.4 is 11.5 Å². The Hall–Kier alpha value is -1.70. The van der Waals surface area contributed by atoms with E-state index >= 15 is 0 Å². The van der Waals surface area contributed by atoms with Crippen molar-refractivity contribution in [2.24, 2.45) is 0 Å². The fraction of sp³-hybridized carbons (Fsp3) is 0.188. The van der Waals surface area contributed by atoms with Crippen molar-refractivity contribution in [1.82, 2.24) is 6.15 Å². The molecular formula is C16H20NO2P. The maximum absolute atomic E-state index is 12.4. The molecule has 0 aliphatic carbocycles. The van der Waals surface area contributed by atoms with Gasteiger partial charge in [-0.2, -0.15) is 0 Å². The standard InChI is InChI=1S/C16H17O2P.H3N/c1-11-9-12(2)15(13(3)10-11)16(17)19(18)14-7-5-4-6-8-14;/h4-10,19H,1-3H3;1H3. The third-order valence-corrected chi connectivity index (χ3v) is 4.67. The van der Waals surface area contributed by atoms with E-state index in [1.54, 1.807) is 24.3 Å². The molecule has 0 fully saturated rings. The Balaban J connectivity index is 0.00000200. The van der Waals surface area contributed by atoms with Gasteiger partial charge in [-0.05, 0) is 31.9 Å². The van der Waals surface area contributed by atoms with Gasteiger partial charge in [0.1, 0.15) is 0 Å². The van der Waals surface area contributed by atoms with Crippen LogP contribution in [0.3, 0.4) is 0 Å². The zero-order chi connectivity index (χ0) is 14.0. The molecule has 0 saturated heterocycles. The van der Waals surface area contributed by atoms with Gasteiger partial charge in [-0.15, -0.1) is 0 Å². The second-order valence-electron chi connectivity index (χ2n) is 4.80. The highest BCUT2D eigenvalue weighted by Crippen LogP contribution is 2.30. The van der Waals surface area contributed by atoms with Gasteiger partial charge in [0.05, 0.1) is 0 Å². The number of hydrogen-bond acceptors (Lipinski definition) is 3. The molecule has 20 heavy (non-hydrogen) atoms. The molecule has 2 aromatic rings. The topological polar surface area (TPSA) is 69.1 Å². The normalized spacial score (nSPS) is 11.6. The highest BCUT2D eigenvalue weighted by Gasteiger charge is 2.20. The van der Waals surface area contributed by atoms with Gasteiger partial charge in [0.2, 0.25) is 5.52 Å². The minimum Gasteiger partial charge on any atom is -0.344 e. The van der Waals surface area contributed by atoms with Crippen molar-refractivity contribution in [1.29, 1.82) is 0 Å². The molecule has 2 aromatic carbocycles. The largest absolute Gasteiger partial charge is 0.344 e. The van der Waals surface area contributed by atoms with E-state index in [4.69, 9.17) is 0 Å². The predicted molar refractivity (Wildman–Crippen MR) is 85.1 cm³/mol. The molecule has 2 rings (SSSR count). The Morgan fingerprint density at radius 2 is 1.45 bits per heavy atom. The third-order valence-electron chi connectivity index (χ3n) is 3.15. The van der Waals surface area contributed by atoms with Crippen molar-refractivity contribution >= 4 is 18.6 Å². The van der Waals surface area contributed by atoms with Gasteiger partial charge in [0.15, 0.2) is 7.80 Å². The monoisotopic (exact) mass is 289 g/mol. The SMILES string of the molecule is Cc1cc(C)c(C(=O)[PH](=O)c2ccccc2)c(C)c1.N. The molecule has 0 saturated carbocycles. The van der Waals surface area contributed by atoms with E-state index in [0.717, 1.165) is 16.7 Å². The van der Waals surface area contributed by atoms with Crippen molar-refractivity contribution in [3.05, 3.63) is 64.7 Å². The number of aryl methyl sites for hydroxylation is 3. The van der Waals surface area contributed by atoms with Crippen LogP contribution in [0, 0.1) is 20.8 Å². The summed E-state index contributed by atoms with van der Waals surface area (Å²) in [6.07, 6.45) is 0. The van der Waals surface area contributed by atoms with Gasteiger partial charge in [-0.3, -0.25) is 4.79 Å². The molecule has 0 radical (unpaired) electrons. The van der Waals surface area contributed by atoms with E-state index in [2.05, 4.69) is 0 Å². The minimum atomic E-state index is -2.44. The van der Waals surface area contributed by atoms with Crippen LogP contribution in [0.5, 0.6) is 0 Å². The fourth-order valence-corrected chi connectivity index (χ4v) is 3.75. The number of carbonyl (C=O) groups is 1. The van der Waals surface area contributed by atoms with Gasteiger partial charge < -0.3 is 10.7 Å². The first-order valence-electron chi connectivity index (χ1n) is 6.22. The van der Waals surface area contributed by atoms with Crippen LogP contribution in [0.15, 0.2) is 42.5 Å². The molecule has 0 aliphatic heterocycles. The van der Waals surface area contributed by atoms with Gasteiger partial charge in [0, 0.05) is 10.9 Å². The van der Waals surface area contributed by atoms with Crippen LogP contribution in [-0.2, 0) is 4.57 Å². The van der Waals surface area contributed by atoms with Crippen molar-refractivity contribution in [3.8, 4) is 0 Å². The second-order valence-corrected chi connectivity index (χ2v) is 6.49. The van der Waals surface area contributed by atoms with Crippen molar-refractivity contribution < 1.29 is 9.36 Å². The van der Waals surface area contributed by atoms with E-state index in [1.807, 2.05) is 39.0 Å². The molecule has 3 nitrogen and oxygen atoms in total. The van der Waals surface area contributed by atoms with E-state index in [-0.39, 0.29) is 11.7 Å². The summed E-state index contributed by atoms with van der Waals surface area (Å²) < 4.78 is 12.4. The summed E-state index contributed by atoms with van der Waals surface area (Å²) in [5, 5.41) is 0.622. The van der Waals surface area contributed by atoms with Gasteiger partial charge >= 0.3 is 0 Å². The van der Waals surface area contributed by atoms with E-state index in [1.165, 1.54) is 0 Å². The number of benzene rings is 2. The quantitative estimate of drug-likeness (QED) is 0.874. The average Bonchev–Trinajstić information content (AvgIpc) is 2.37. The first kappa shape index (κ1) is 16.4. The summed E-state index contributed by atoms with van der Waals surface area (Å²) in [5.74, 6) is 0. The van der Waals surface area contributed by atoms with Crippen LogP contribution in [0.25, 0.3) is 0 Å². The second kappa shape index (κ2) is 6.65. The third kappa shape index (κ3) is 3.24. The van der Waals surface area contributed by atoms with Crippen LogP contribution in [-0.4, -0.2) is 5.52 Å². The number of carbonyl (C=O) groups excluding carboxylic acids is 1. The molecule has 106 valence electrons. The Labute approximate surface area is 120 Å². The lowest BCUT2D eigenvalue weighted by atomic mass is 10.0. The molecule has 0 aliphatic rings. The number of hydrogen-bond donors (Lipinski definition) is 1. The van der Waals surface area contributed by atoms with Crippen LogP contribution in [0.2, 0.25) is 0 Å². The highest BCUT2D eigenvalue weighted by molar-refractivity contribution is 7.71. The molecule has 0 spiro atoms. The van der Waals surface area contributed by atoms with E-state index < -0.39 is 7.80 Å². The van der Waals surface area contributed by atoms with Crippen LogP contribution in [0.4, 0.5) is 0 Å². The number of rotatable bonds is 3. The molecule has 0 heterocycles. The molecule has 0 amide bonds. The Morgan fingerprint density at radius 3 is 1.95 bits per heavy atom. The smallest absolute Gasteiger partial charge is 0.223 e. The van der Waals surface area contributed by atoms with Crippen LogP contribution >= 0.6 is 7.80 Å². The Bertz CT molecular complexity index is 628. The summed E-state index contributed by atoms with van der Waals surface area (Å²) in [4.78, 5) is 12.4. The maximum Gasteiger partial charge on any atom is 0.223 e. The molecule has 4 heteroatoms. The molecule has 0 bridgehead atoms. The van der Waals surface area contributed by atoms with E-state index in [0.29, 0.717) is 10.9 Å². The van der Waals surface area contributed by atoms with Crippen LogP contribution in [0.1, 0.15) is 27.0 Å². The Morgan fingerprint density at radius 1 is 0.950 bits per heavy atom. The average molecular weight is 289 g/mol. The summed E-state index contributed by atoms with van der Waals surface area (Å²) in [6, 6.07) is 12.9. The van der Waals surface area contributed by atoms with Crippen molar-refractivity contribution in [2.45, 2.75) is 20.8 Å². The molecule has 0 aromatic heterocycles. The fourth-order valence-electron chi connectivity index (χ4n) is 2.37. The Kier molecular flexibility index (Phi) is 5.43. The first-order chi connectivity index (χ1) is 9.00. The summed E-state index contributed by atoms with van der Waals surface area (Å²) in [7, 11) is -2.44. The minimum absolute atomic E-state index is 0. The lowest BCUT2D eigenvalue weighted by Crippen LogP contribution is -2.07. The molecule has 1 atom stereocenters. The van der Waals surface area contributed by atoms with E-state index in [9.17, 15) is 9.36 Å². The molecular weight excluding hydrogens is 269 g/mol. The molecule has 1 unspecified atom stereocenters. The summed E-state index contributed by atoms with van der Waals surface area (Å²) in [5.41, 5.74) is 3.28. The highest BCUT2D eigenvalue weighted by atomic mass is 31.1. The van der Waals surface area contributed by atoms with Crippen molar-refractivity contribution in [3.63, 3.8) is 0 Å². The lowest BCUT2D eigenvalue weighted by Gasteiger charge is -2.10. The molecule has 3 N–H and O–H groups in total. The maximum atomic E-state index is 12.4. The van der Waals surface area contributed by atoms with Crippen molar-refractivity contribution in [2.75, 3.05) is 0 Å². The van der Waals surface area contributed by atoms with Gasteiger partial charge in [0.25, 0.3) is 0 Å². The summed E-state index contributed by atoms with van der Waals surface area (Å²) in [6.45, 7) is 5.79. The summed E-state index contributed by atoms with van der Waals surface area (Å²) >= 11 is 0. The zero-order valence-electron chi connectivity index (χ0n) is 12.1. The van der Waals surface area contributed by atoms with Gasteiger partial charge in [-0.1, -0.05) is 48.0 Å². The lowest BCUT2D eigenvalue weighted by molar-refractivity contribution is 0.107. The van der Waals surface area contributed by atoms with Gasteiger partial charge in [-0.25, -0.2) is 0 Å². The zero-order valence-corrected chi connectivity index (χ0v) is 13.1. The predicted octanol–water partition coefficient (Wildman–Crippen LogP) is 3.80. The first-order valence-corrected chi connectivity index (χ1v) is 7.63.